The van der Waals surface area contributed by atoms with E-state index in [-0.39, 0.29) is 18.9 Å². The van der Waals surface area contributed by atoms with E-state index in [1.54, 1.807) is 6.42 Å². The molecule has 0 saturated carbocycles. The van der Waals surface area contributed by atoms with Crippen LogP contribution >= 0.6 is 0 Å². The van der Waals surface area contributed by atoms with E-state index in [0.29, 0.717) is 12.8 Å². The first kappa shape index (κ1) is 14.9. The molecular weight excluding hydrogens is 258 g/mol. The minimum Gasteiger partial charge on any atom is -0.370 e. The second-order valence-electron chi connectivity index (χ2n) is 4.48. The number of sulfonamides is 1. The summed E-state index contributed by atoms with van der Waals surface area (Å²) in [5, 5.41) is 0. The molecule has 1 aliphatic rings. The predicted molar refractivity (Wildman–Crippen MR) is 65.4 cm³/mol. The lowest BCUT2D eigenvalue weighted by Crippen LogP contribution is -2.52. The lowest BCUT2D eigenvalue weighted by molar-refractivity contribution is -0.122. The van der Waals surface area contributed by atoms with Crippen molar-refractivity contribution in [1.29, 1.82) is 0 Å². The van der Waals surface area contributed by atoms with Gasteiger partial charge in [-0.2, -0.15) is 4.31 Å². The number of rotatable bonds is 5. The molecule has 0 spiro atoms. The summed E-state index contributed by atoms with van der Waals surface area (Å²) in [5.41, 5.74) is 10.3. The topological polar surface area (TPSA) is 124 Å². The zero-order chi connectivity index (χ0) is 13.9. The molecule has 18 heavy (non-hydrogen) atoms. The molecule has 0 aliphatic carbocycles. The maximum atomic E-state index is 11.5. The first-order chi connectivity index (χ1) is 8.21. The molecular formula is C10H18N3O4S. The van der Waals surface area contributed by atoms with Crippen LogP contribution in [-0.4, -0.2) is 43.4 Å². The molecule has 1 rings (SSSR count). The lowest BCUT2D eigenvalue weighted by atomic mass is 9.88. The molecule has 0 bridgehead atoms. The molecule has 1 aliphatic heterocycles. The van der Waals surface area contributed by atoms with Gasteiger partial charge < -0.3 is 11.5 Å². The summed E-state index contributed by atoms with van der Waals surface area (Å²) in [4.78, 5) is 22.0. The normalized spacial score (nSPS) is 25.8. The Balaban J connectivity index is 2.71. The molecule has 8 heteroatoms. The molecule has 1 saturated heterocycles. The van der Waals surface area contributed by atoms with E-state index in [1.165, 1.54) is 0 Å². The van der Waals surface area contributed by atoms with E-state index < -0.39 is 27.9 Å². The van der Waals surface area contributed by atoms with Gasteiger partial charge in [0.05, 0.1) is 6.26 Å². The first-order valence-corrected chi connectivity index (χ1v) is 7.44. The number of carbonyl (C=O) groups is 2. The van der Waals surface area contributed by atoms with Crippen LogP contribution in [0.15, 0.2) is 0 Å². The SMILES string of the molecule is CS(=O)(=O)N1CC[C@@H]([CH]CC(N)=O)C[C@H]1C(N)=O. The molecule has 4 N–H and O–H groups in total. The molecule has 0 aromatic heterocycles. The summed E-state index contributed by atoms with van der Waals surface area (Å²) in [7, 11) is -3.45. The van der Waals surface area contributed by atoms with Crippen LogP contribution in [0.3, 0.4) is 0 Å². The van der Waals surface area contributed by atoms with Crippen LogP contribution in [-0.2, 0) is 19.6 Å². The highest BCUT2D eigenvalue weighted by molar-refractivity contribution is 7.88. The number of nitrogens with two attached hydrogens (primary N) is 2. The summed E-state index contributed by atoms with van der Waals surface area (Å²) < 4.78 is 24.1. The van der Waals surface area contributed by atoms with E-state index in [2.05, 4.69) is 0 Å². The minimum atomic E-state index is -3.45. The van der Waals surface area contributed by atoms with Crippen molar-refractivity contribution in [1.82, 2.24) is 4.31 Å². The van der Waals surface area contributed by atoms with Crippen molar-refractivity contribution in [2.45, 2.75) is 25.3 Å². The van der Waals surface area contributed by atoms with Crippen molar-refractivity contribution >= 4 is 21.8 Å². The Morgan fingerprint density at radius 1 is 1.39 bits per heavy atom. The molecule has 0 aromatic rings. The predicted octanol–water partition coefficient (Wildman–Crippen LogP) is -1.41. The van der Waals surface area contributed by atoms with E-state index >= 15 is 0 Å². The summed E-state index contributed by atoms with van der Waals surface area (Å²) in [6, 6.07) is -0.845. The van der Waals surface area contributed by atoms with Gasteiger partial charge in [-0.15, -0.1) is 0 Å². The van der Waals surface area contributed by atoms with Gasteiger partial charge in [0.2, 0.25) is 21.8 Å². The molecule has 2 amide bonds. The molecule has 0 aromatic carbocycles. The average molecular weight is 276 g/mol. The van der Waals surface area contributed by atoms with Crippen LogP contribution in [0.5, 0.6) is 0 Å². The van der Waals surface area contributed by atoms with Crippen LogP contribution in [0, 0.1) is 12.3 Å². The van der Waals surface area contributed by atoms with Crippen LogP contribution in [0.1, 0.15) is 19.3 Å². The van der Waals surface area contributed by atoms with Gasteiger partial charge in [-0.1, -0.05) is 0 Å². The number of piperidine rings is 1. The Hall–Kier alpha value is -1.15. The standard InChI is InChI=1S/C10H18N3O4S/c1-18(16,17)13-5-4-7(2-3-9(11)14)6-8(13)10(12)15/h2,7-8H,3-6H2,1H3,(H2,11,14)(H2,12,15)/t7-,8+/m1/s1. The third-order valence-electron chi connectivity index (χ3n) is 3.00. The Bertz CT molecular complexity index is 434. The number of carbonyl (C=O) groups excluding carboxylic acids is 2. The fraction of sp³-hybridized carbons (Fsp3) is 0.700. The van der Waals surface area contributed by atoms with Crippen molar-refractivity contribution in [3.8, 4) is 0 Å². The second kappa shape index (κ2) is 5.66. The van der Waals surface area contributed by atoms with Crippen LogP contribution in [0.4, 0.5) is 0 Å². The van der Waals surface area contributed by atoms with Gasteiger partial charge in [0.1, 0.15) is 6.04 Å². The second-order valence-corrected chi connectivity index (χ2v) is 6.42. The van der Waals surface area contributed by atoms with Crippen LogP contribution < -0.4 is 11.5 Å². The van der Waals surface area contributed by atoms with Crippen molar-refractivity contribution < 1.29 is 18.0 Å². The van der Waals surface area contributed by atoms with Crippen molar-refractivity contribution in [2.24, 2.45) is 17.4 Å². The van der Waals surface area contributed by atoms with Crippen molar-refractivity contribution in [3.63, 3.8) is 0 Å². The van der Waals surface area contributed by atoms with Crippen LogP contribution in [0.2, 0.25) is 0 Å². The molecule has 2 atom stereocenters. The van der Waals surface area contributed by atoms with Gasteiger partial charge in [-0.05, 0) is 25.2 Å². The summed E-state index contributed by atoms with van der Waals surface area (Å²) in [5.74, 6) is -1.14. The molecule has 1 heterocycles. The smallest absolute Gasteiger partial charge is 0.235 e. The largest absolute Gasteiger partial charge is 0.370 e. The van der Waals surface area contributed by atoms with Gasteiger partial charge in [0.25, 0.3) is 0 Å². The Morgan fingerprint density at radius 2 is 2.00 bits per heavy atom. The number of hydrogen-bond acceptors (Lipinski definition) is 4. The van der Waals surface area contributed by atoms with Gasteiger partial charge >= 0.3 is 0 Å². The van der Waals surface area contributed by atoms with E-state index in [9.17, 15) is 18.0 Å². The van der Waals surface area contributed by atoms with E-state index in [0.717, 1.165) is 10.6 Å². The van der Waals surface area contributed by atoms with Crippen LogP contribution in [0.25, 0.3) is 0 Å². The number of amides is 2. The molecule has 0 unspecified atom stereocenters. The van der Waals surface area contributed by atoms with Gasteiger partial charge in [-0.3, -0.25) is 9.59 Å². The average Bonchev–Trinajstić information content (AvgIpc) is 2.24. The van der Waals surface area contributed by atoms with Crippen molar-refractivity contribution in [3.05, 3.63) is 6.42 Å². The van der Waals surface area contributed by atoms with Gasteiger partial charge in [-0.25, -0.2) is 8.42 Å². The fourth-order valence-electron chi connectivity index (χ4n) is 2.12. The third kappa shape index (κ3) is 3.95. The highest BCUT2D eigenvalue weighted by Gasteiger charge is 2.36. The number of hydrogen-bond donors (Lipinski definition) is 2. The third-order valence-corrected chi connectivity index (χ3v) is 4.29. The Morgan fingerprint density at radius 3 is 2.44 bits per heavy atom. The fourth-order valence-corrected chi connectivity index (χ4v) is 3.21. The zero-order valence-corrected chi connectivity index (χ0v) is 11.0. The lowest BCUT2D eigenvalue weighted by Gasteiger charge is -2.35. The zero-order valence-electron chi connectivity index (χ0n) is 10.2. The minimum absolute atomic E-state index is 0.0204. The van der Waals surface area contributed by atoms with Gasteiger partial charge in [0.15, 0.2) is 0 Å². The first-order valence-electron chi connectivity index (χ1n) is 5.59. The van der Waals surface area contributed by atoms with E-state index in [4.69, 9.17) is 11.5 Å². The molecule has 1 fully saturated rings. The molecule has 7 nitrogen and oxygen atoms in total. The number of primary amides is 2. The summed E-state index contributed by atoms with van der Waals surface area (Å²) in [6.07, 6.45) is 3.75. The molecule has 103 valence electrons. The molecule has 1 radical (unpaired) electrons. The number of nitrogens with zero attached hydrogens (tertiary/aromatic N) is 1. The summed E-state index contributed by atoms with van der Waals surface area (Å²) in [6.45, 7) is 0.229. The highest BCUT2D eigenvalue weighted by Crippen LogP contribution is 2.27. The monoisotopic (exact) mass is 276 g/mol. The highest BCUT2D eigenvalue weighted by atomic mass is 32.2. The Kier molecular flexibility index (Phi) is 4.69. The van der Waals surface area contributed by atoms with Crippen molar-refractivity contribution in [2.75, 3.05) is 12.8 Å². The Labute approximate surface area is 107 Å². The van der Waals surface area contributed by atoms with E-state index in [1.807, 2.05) is 0 Å². The quantitative estimate of drug-likeness (QED) is 0.640. The summed E-state index contributed by atoms with van der Waals surface area (Å²) >= 11 is 0. The maximum absolute atomic E-state index is 11.5. The maximum Gasteiger partial charge on any atom is 0.235 e. The van der Waals surface area contributed by atoms with Gasteiger partial charge in [0, 0.05) is 13.0 Å².